The Balaban J connectivity index is 2.28. The Morgan fingerprint density at radius 2 is 1.70 bits per heavy atom. The van der Waals surface area contributed by atoms with Gasteiger partial charge in [0.15, 0.2) is 5.76 Å². The van der Waals surface area contributed by atoms with E-state index in [0.29, 0.717) is 6.42 Å². The van der Waals surface area contributed by atoms with Crippen LogP contribution < -0.4 is 0 Å². The maximum atomic E-state index is 13.1. The van der Waals surface area contributed by atoms with E-state index in [2.05, 4.69) is 0 Å². The van der Waals surface area contributed by atoms with Crippen LogP contribution in [0.2, 0.25) is 0 Å². The number of fused-ring (bicyclic) bond motifs is 2. The van der Waals surface area contributed by atoms with E-state index in [1.54, 1.807) is 20.8 Å². The highest BCUT2D eigenvalue weighted by atomic mass is 16.5. The largest absolute Gasteiger partial charge is 0.507 e. The van der Waals surface area contributed by atoms with Gasteiger partial charge in [-0.15, -0.1) is 0 Å². The Labute approximate surface area is 173 Å². The van der Waals surface area contributed by atoms with E-state index in [0.717, 1.165) is 0 Å². The molecule has 3 aliphatic carbocycles. The van der Waals surface area contributed by atoms with Crippen molar-refractivity contribution in [3.8, 4) is 0 Å². The minimum atomic E-state index is -1.21. The summed E-state index contributed by atoms with van der Waals surface area (Å²) in [6.45, 7) is 7.26. The Bertz CT molecular complexity index is 977. The van der Waals surface area contributed by atoms with Gasteiger partial charge in [-0.05, 0) is 18.4 Å². The van der Waals surface area contributed by atoms with Crippen molar-refractivity contribution < 1.29 is 39.2 Å². The summed E-state index contributed by atoms with van der Waals surface area (Å²) in [7, 11) is 0. The number of allylic oxidation sites excluding steroid dienone is 3. The van der Waals surface area contributed by atoms with Gasteiger partial charge in [-0.2, -0.15) is 0 Å². The van der Waals surface area contributed by atoms with E-state index < -0.39 is 64.3 Å². The zero-order valence-electron chi connectivity index (χ0n) is 17.7. The highest BCUT2D eigenvalue weighted by Crippen LogP contribution is 2.60. The Morgan fingerprint density at radius 1 is 1.10 bits per heavy atom. The van der Waals surface area contributed by atoms with Gasteiger partial charge in [0.05, 0.1) is 11.1 Å². The second-order valence-electron chi connectivity index (χ2n) is 9.00. The molecule has 0 spiro atoms. The van der Waals surface area contributed by atoms with Crippen molar-refractivity contribution in [3.05, 3.63) is 33.8 Å². The summed E-state index contributed by atoms with van der Waals surface area (Å²) in [6, 6.07) is 0. The zero-order valence-corrected chi connectivity index (χ0v) is 17.7. The molecule has 0 amide bonds. The summed E-state index contributed by atoms with van der Waals surface area (Å²) in [6.07, 6.45) is -0.0908. The molecular weight excluding hydrogens is 392 g/mol. The molecule has 0 bridgehead atoms. The lowest BCUT2D eigenvalue weighted by Crippen LogP contribution is -2.52. The molecule has 0 heterocycles. The molecule has 0 aromatic heterocycles. The first-order chi connectivity index (χ1) is 13.8. The molecule has 3 aliphatic rings. The standard InChI is InChI=1S/C22H26O8/c1-9(8-23)12-15(25)13-14(18(28)16(12)26)22(5)7-6-11(30-10(2)24)21(3,4)20(22)19(29)17(13)27/h9,11,23,25,29H,6-8H2,1-5H3/t9-,11+,22+/m0/s1. The van der Waals surface area contributed by atoms with Gasteiger partial charge in [0.1, 0.15) is 11.9 Å². The average molecular weight is 418 g/mol. The van der Waals surface area contributed by atoms with Crippen molar-refractivity contribution in [3.63, 3.8) is 0 Å². The number of aliphatic hydroxyl groups excluding tert-OH is 3. The molecular formula is C22H26O8. The molecule has 0 saturated heterocycles. The first-order valence-corrected chi connectivity index (χ1v) is 9.84. The molecule has 8 heteroatoms. The molecule has 162 valence electrons. The molecule has 30 heavy (non-hydrogen) atoms. The molecule has 0 aromatic carbocycles. The van der Waals surface area contributed by atoms with Gasteiger partial charge < -0.3 is 20.1 Å². The topological polar surface area (TPSA) is 138 Å². The van der Waals surface area contributed by atoms with Crippen molar-refractivity contribution in [2.45, 2.75) is 53.6 Å². The van der Waals surface area contributed by atoms with Crippen molar-refractivity contribution in [1.82, 2.24) is 0 Å². The zero-order chi connectivity index (χ0) is 22.8. The molecule has 3 rings (SSSR count). The van der Waals surface area contributed by atoms with E-state index in [1.807, 2.05) is 0 Å². The van der Waals surface area contributed by atoms with E-state index in [1.165, 1.54) is 13.8 Å². The van der Waals surface area contributed by atoms with Crippen LogP contribution >= 0.6 is 0 Å². The maximum Gasteiger partial charge on any atom is 0.302 e. The minimum Gasteiger partial charge on any atom is -0.507 e. The van der Waals surface area contributed by atoms with Crippen LogP contribution in [-0.2, 0) is 23.9 Å². The van der Waals surface area contributed by atoms with Gasteiger partial charge >= 0.3 is 5.97 Å². The van der Waals surface area contributed by atoms with E-state index >= 15 is 0 Å². The first-order valence-electron chi connectivity index (χ1n) is 9.84. The number of esters is 1. The second kappa shape index (κ2) is 6.91. The third-order valence-electron chi connectivity index (χ3n) is 6.63. The minimum absolute atomic E-state index is 0.147. The van der Waals surface area contributed by atoms with Gasteiger partial charge in [-0.1, -0.05) is 27.7 Å². The monoisotopic (exact) mass is 418 g/mol. The van der Waals surface area contributed by atoms with Crippen molar-refractivity contribution in [2.75, 3.05) is 6.61 Å². The van der Waals surface area contributed by atoms with Crippen LogP contribution in [-0.4, -0.2) is 51.3 Å². The second-order valence-corrected chi connectivity index (χ2v) is 9.00. The number of aliphatic hydroxyl groups is 3. The average Bonchev–Trinajstić information content (AvgIpc) is 2.64. The van der Waals surface area contributed by atoms with Gasteiger partial charge in [-0.25, -0.2) is 0 Å². The predicted molar refractivity (Wildman–Crippen MR) is 104 cm³/mol. The fourth-order valence-corrected chi connectivity index (χ4v) is 5.24. The van der Waals surface area contributed by atoms with Crippen molar-refractivity contribution >= 4 is 23.3 Å². The van der Waals surface area contributed by atoms with Crippen molar-refractivity contribution in [1.29, 1.82) is 0 Å². The van der Waals surface area contributed by atoms with Crippen LogP contribution in [0.15, 0.2) is 33.8 Å². The molecule has 0 unspecified atom stereocenters. The van der Waals surface area contributed by atoms with Crippen LogP contribution in [0.4, 0.5) is 0 Å². The smallest absolute Gasteiger partial charge is 0.302 e. The summed E-state index contributed by atoms with van der Waals surface area (Å²) < 4.78 is 5.40. The number of ether oxygens (including phenoxy) is 1. The first kappa shape index (κ1) is 22.0. The molecule has 3 atom stereocenters. The lowest BCUT2D eigenvalue weighted by atomic mass is 9.52. The molecule has 8 nitrogen and oxygen atoms in total. The maximum absolute atomic E-state index is 13.1. The number of carbonyl (C=O) groups is 4. The summed E-state index contributed by atoms with van der Waals surface area (Å²) in [5, 5.41) is 31.1. The fourth-order valence-electron chi connectivity index (χ4n) is 5.24. The third kappa shape index (κ3) is 2.77. The van der Waals surface area contributed by atoms with Crippen LogP contribution in [0.1, 0.15) is 47.5 Å². The van der Waals surface area contributed by atoms with Crippen LogP contribution in [0.25, 0.3) is 0 Å². The SMILES string of the molecule is CC(=O)O[C@@H]1CC[C@]2(C)C3=C(C(=O)C(O)=C2C1(C)C)C(O)=C([C@@H](C)CO)C(=O)C3=O. The van der Waals surface area contributed by atoms with Gasteiger partial charge in [0, 0.05) is 35.9 Å². The molecule has 0 radical (unpaired) electrons. The summed E-state index contributed by atoms with van der Waals surface area (Å²) in [5.41, 5.74) is -2.86. The lowest BCUT2D eigenvalue weighted by molar-refractivity contribution is -0.154. The Hall–Kier alpha value is -2.74. The number of hydrogen-bond acceptors (Lipinski definition) is 8. The van der Waals surface area contributed by atoms with Crippen LogP contribution in [0, 0.1) is 16.7 Å². The van der Waals surface area contributed by atoms with E-state index in [-0.39, 0.29) is 28.7 Å². The number of ketones is 3. The normalized spacial score (nSPS) is 29.7. The molecule has 1 fully saturated rings. The molecule has 0 aliphatic heterocycles. The van der Waals surface area contributed by atoms with Gasteiger partial charge in [0.2, 0.25) is 17.3 Å². The fraction of sp³-hybridized carbons (Fsp3) is 0.545. The summed E-state index contributed by atoms with van der Waals surface area (Å²) >= 11 is 0. The number of Topliss-reactive ketones (excluding diaryl/α,β-unsaturated/α-hetero) is 3. The Kier molecular flexibility index (Phi) is 5.05. The predicted octanol–water partition coefficient (Wildman–Crippen LogP) is 2.03. The third-order valence-corrected chi connectivity index (χ3v) is 6.63. The quantitative estimate of drug-likeness (QED) is 0.359. The van der Waals surface area contributed by atoms with Crippen molar-refractivity contribution in [2.24, 2.45) is 16.7 Å². The van der Waals surface area contributed by atoms with Gasteiger partial charge in [0.25, 0.3) is 0 Å². The number of rotatable bonds is 3. The summed E-state index contributed by atoms with van der Waals surface area (Å²) in [4.78, 5) is 50.6. The molecule has 3 N–H and O–H groups in total. The van der Waals surface area contributed by atoms with Crippen LogP contribution in [0.5, 0.6) is 0 Å². The Morgan fingerprint density at radius 3 is 2.23 bits per heavy atom. The number of carbonyl (C=O) groups excluding carboxylic acids is 4. The lowest BCUT2D eigenvalue weighted by Gasteiger charge is -2.52. The van der Waals surface area contributed by atoms with Gasteiger partial charge in [-0.3, -0.25) is 19.2 Å². The molecule has 0 aromatic rings. The summed E-state index contributed by atoms with van der Waals surface area (Å²) in [5.74, 6) is -5.53. The van der Waals surface area contributed by atoms with Crippen LogP contribution in [0.3, 0.4) is 0 Å². The highest BCUT2D eigenvalue weighted by Gasteiger charge is 2.59. The highest BCUT2D eigenvalue weighted by molar-refractivity contribution is 6.52. The van der Waals surface area contributed by atoms with E-state index in [4.69, 9.17) is 4.74 Å². The molecule has 1 saturated carbocycles. The number of hydrogen-bond donors (Lipinski definition) is 3. The van der Waals surface area contributed by atoms with E-state index in [9.17, 15) is 34.5 Å².